The molecule has 2 aromatic heterocycles. The normalized spacial score (nSPS) is 10.1. The van der Waals surface area contributed by atoms with Crippen LogP contribution in [0.5, 0.6) is 0 Å². The smallest absolute Gasteiger partial charge is 0.213 e. The van der Waals surface area contributed by atoms with Crippen molar-refractivity contribution in [2.24, 2.45) is 0 Å². The second kappa shape index (κ2) is 3.87. The Labute approximate surface area is 81.2 Å². The minimum absolute atomic E-state index is 0.521. The number of nitrogens with one attached hydrogen (secondary N) is 1. The Morgan fingerprint density at radius 3 is 3.07 bits per heavy atom. The molecular weight excluding hydrogens is 180 g/mol. The number of aromatic nitrogens is 3. The number of anilines is 1. The Morgan fingerprint density at radius 2 is 2.36 bits per heavy atom. The van der Waals surface area contributed by atoms with Crippen LogP contribution in [-0.2, 0) is 6.54 Å². The van der Waals surface area contributed by atoms with E-state index in [4.69, 9.17) is 0 Å². The summed E-state index contributed by atoms with van der Waals surface area (Å²) < 4.78 is 4.61. The molecule has 0 aliphatic carbocycles. The standard InChI is InChI=1S/C9H10N4O/c1-7-3-2-4-8(12-7)10-5-9-11-6-14-13-9/h2-4,6H,5H2,1H3,(H,10,12). The van der Waals surface area contributed by atoms with Crippen LogP contribution in [0.4, 0.5) is 5.82 Å². The van der Waals surface area contributed by atoms with Gasteiger partial charge in [-0.05, 0) is 19.1 Å². The van der Waals surface area contributed by atoms with Crippen LogP contribution in [0.1, 0.15) is 11.5 Å². The van der Waals surface area contributed by atoms with E-state index in [0.717, 1.165) is 11.5 Å². The zero-order valence-corrected chi connectivity index (χ0v) is 7.77. The zero-order chi connectivity index (χ0) is 9.80. The number of hydrogen-bond donors (Lipinski definition) is 1. The van der Waals surface area contributed by atoms with Gasteiger partial charge in [-0.3, -0.25) is 0 Å². The van der Waals surface area contributed by atoms with E-state index in [-0.39, 0.29) is 0 Å². The van der Waals surface area contributed by atoms with Crippen LogP contribution in [0.2, 0.25) is 0 Å². The second-order valence-corrected chi connectivity index (χ2v) is 2.87. The van der Waals surface area contributed by atoms with Gasteiger partial charge in [-0.15, -0.1) is 0 Å². The van der Waals surface area contributed by atoms with E-state index in [1.165, 1.54) is 6.39 Å². The molecule has 0 aromatic carbocycles. The van der Waals surface area contributed by atoms with Gasteiger partial charge in [0, 0.05) is 5.69 Å². The van der Waals surface area contributed by atoms with Gasteiger partial charge in [0.05, 0.1) is 6.54 Å². The van der Waals surface area contributed by atoms with Crippen molar-refractivity contribution >= 4 is 5.82 Å². The van der Waals surface area contributed by atoms with Crippen LogP contribution in [0, 0.1) is 6.92 Å². The van der Waals surface area contributed by atoms with Gasteiger partial charge in [-0.1, -0.05) is 11.2 Å². The molecule has 0 saturated heterocycles. The lowest BCUT2D eigenvalue weighted by atomic mass is 10.4. The molecule has 2 rings (SSSR count). The molecule has 0 aliphatic rings. The first-order valence-corrected chi connectivity index (χ1v) is 4.27. The maximum atomic E-state index is 4.61. The average Bonchev–Trinajstić information content (AvgIpc) is 2.67. The summed E-state index contributed by atoms with van der Waals surface area (Å²) in [7, 11) is 0. The van der Waals surface area contributed by atoms with E-state index < -0.39 is 0 Å². The largest absolute Gasteiger partial charge is 0.363 e. The quantitative estimate of drug-likeness (QED) is 0.792. The highest BCUT2D eigenvalue weighted by molar-refractivity contribution is 5.34. The van der Waals surface area contributed by atoms with Gasteiger partial charge in [0.25, 0.3) is 0 Å². The van der Waals surface area contributed by atoms with Crippen molar-refractivity contribution < 1.29 is 4.52 Å². The molecule has 0 atom stereocenters. The summed E-state index contributed by atoms with van der Waals surface area (Å²) >= 11 is 0. The van der Waals surface area contributed by atoms with Crippen molar-refractivity contribution in [2.45, 2.75) is 13.5 Å². The number of aryl methyl sites for hydroxylation is 1. The summed E-state index contributed by atoms with van der Waals surface area (Å²) in [6.07, 6.45) is 1.31. The summed E-state index contributed by atoms with van der Waals surface area (Å²) in [6.45, 7) is 2.46. The highest BCUT2D eigenvalue weighted by Crippen LogP contribution is 2.04. The van der Waals surface area contributed by atoms with E-state index in [1.54, 1.807) is 0 Å². The summed E-state index contributed by atoms with van der Waals surface area (Å²) in [6, 6.07) is 5.79. The van der Waals surface area contributed by atoms with Crippen molar-refractivity contribution in [3.63, 3.8) is 0 Å². The minimum Gasteiger partial charge on any atom is -0.363 e. The maximum absolute atomic E-state index is 4.61. The minimum atomic E-state index is 0.521. The Bertz CT molecular complexity index is 399. The van der Waals surface area contributed by atoms with Crippen molar-refractivity contribution in [2.75, 3.05) is 5.32 Å². The van der Waals surface area contributed by atoms with E-state index in [2.05, 4.69) is 25.0 Å². The third-order valence-corrected chi connectivity index (χ3v) is 1.72. The fourth-order valence-electron chi connectivity index (χ4n) is 1.08. The third-order valence-electron chi connectivity index (χ3n) is 1.72. The Balaban J connectivity index is 1.98. The Morgan fingerprint density at radius 1 is 1.43 bits per heavy atom. The molecule has 2 aromatic rings. The van der Waals surface area contributed by atoms with Crippen molar-refractivity contribution in [3.05, 3.63) is 36.1 Å². The molecule has 0 spiro atoms. The lowest BCUT2D eigenvalue weighted by Gasteiger charge is -2.02. The summed E-state index contributed by atoms with van der Waals surface area (Å²) in [5.41, 5.74) is 0.975. The first kappa shape index (κ1) is 8.68. The average molecular weight is 190 g/mol. The maximum Gasteiger partial charge on any atom is 0.213 e. The van der Waals surface area contributed by atoms with Crippen LogP contribution < -0.4 is 5.32 Å². The fraction of sp³-hybridized carbons (Fsp3) is 0.222. The van der Waals surface area contributed by atoms with Crippen LogP contribution in [0.3, 0.4) is 0 Å². The van der Waals surface area contributed by atoms with Gasteiger partial charge < -0.3 is 9.84 Å². The molecule has 0 amide bonds. The summed E-state index contributed by atoms with van der Waals surface area (Å²) in [5.74, 6) is 1.43. The third kappa shape index (κ3) is 2.07. The predicted molar refractivity (Wildman–Crippen MR) is 50.6 cm³/mol. The van der Waals surface area contributed by atoms with E-state index in [9.17, 15) is 0 Å². The van der Waals surface area contributed by atoms with Crippen LogP contribution in [-0.4, -0.2) is 15.1 Å². The van der Waals surface area contributed by atoms with Crippen molar-refractivity contribution in [1.82, 2.24) is 15.1 Å². The molecule has 0 fully saturated rings. The molecule has 0 aliphatic heterocycles. The van der Waals surface area contributed by atoms with Gasteiger partial charge in [0.15, 0.2) is 5.82 Å². The van der Waals surface area contributed by atoms with Crippen LogP contribution in [0.25, 0.3) is 0 Å². The van der Waals surface area contributed by atoms with Gasteiger partial charge in [-0.2, -0.15) is 4.98 Å². The van der Waals surface area contributed by atoms with Crippen LogP contribution >= 0.6 is 0 Å². The second-order valence-electron chi connectivity index (χ2n) is 2.87. The lowest BCUT2D eigenvalue weighted by molar-refractivity contribution is 0.411. The molecule has 1 N–H and O–H groups in total. The zero-order valence-electron chi connectivity index (χ0n) is 7.77. The molecule has 0 radical (unpaired) electrons. The topological polar surface area (TPSA) is 63.8 Å². The first-order chi connectivity index (χ1) is 6.84. The van der Waals surface area contributed by atoms with E-state index in [1.807, 2.05) is 25.1 Å². The van der Waals surface area contributed by atoms with Gasteiger partial charge in [-0.25, -0.2) is 4.98 Å². The number of rotatable bonds is 3. The van der Waals surface area contributed by atoms with E-state index in [0.29, 0.717) is 12.4 Å². The molecule has 14 heavy (non-hydrogen) atoms. The Kier molecular flexibility index (Phi) is 2.40. The van der Waals surface area contributed by atoms with Crippen LogP contribution in [0.15, 0.2) is 29.1 Å². The van der Waals surface area contributed by atoms with Gasteiger partial charge in [0.1, 0.15) is 5.82 Å². The number of pyridine rings is 1. The highest BCUT2D eigenvalue weighted by atomic mass is 16.5. The summed E-state index contributed by atoms with van der Waals surface area (Å²) in [5, 5.41) is 6.77. The van der Waals surface area contributed by atoms with Crippen molar-refractivity contribution in [3.8, 4) is 0 Å². The molecule has 0 unspecified atom stereocenters. The highest BCUT2D eigenvalue weighted by Gasteiger charge is 1.98. The number of nitrogens with zero attached hydrogens (tertiary/aromatic N) is 3. The predicted octanol–water partition coefficient (Wildman–Crippen LogP) is 1.39. The molecule has 5 heteroatoms. The lowest BCUT2D eigenvalue weighted by Crippen LogP contribution is -2.02. The first-order valence-electron chi connectivity index (χ1n) is 4.27. The monoisotopic (exact) mass is 190 g/mol. The van der Waals surface area contributed by atoms with Gasteiger partial charge in [0.2, 0.25) is 6.39 Å². The van der Waals surface area contributed by atoms with Crippen molar-refractivity contribution in [1.29, 1.82) is 0 Å². The SMILES string of the molecule is Cc1cccc(NCc2ncon2)n1. The molecule has 5 nitrogen and oxygen atoms in total. The Hall–Kier alpha value is -1.91. The number of hydrogen-bond acceptors (Lipinski definition) is 5. The fourth-order valence-corrected chi connectivity index (χ4v) is 1.08. The molecule has 72 valence electrons. The summed E-state index contributed by atoms with van der Waals surface area (Å²) in [4.78, 5) is 8.16. The molecule has 2 heterocycles. The molecular formula is C9H10N4O. The van der Waals surface area contributed by atoms with Gasteiger partial charge >= 0.3 is 0 Å². The van der Waals surface area contributed by atoms with E-state index >= 15 is 0 Å². The molecule has 0 saturated carbocycles. The molecule has 0 bridgehead atoms.